The molecule has 0 radical (unpaired) electrons. The Labute approximate surface area is 222 Å². The number of hydrogen-bond donors (Lipinski definition) is 0. The highest BCUT2D eigenvalue weighted by atomic mass is 32.1. The molecule has 1 aromatic heterocycles. The van der Waals surface area contributed by atoms with Gasteiger partial charge in [-0.25, -0.2) is 4.39 Å². The molecule has 5 nitrogen and oxygen atoms in total. The second-order valence-corrected chi connectivity index (χ2v) is 10.9. The molecular weight excluding hydrogens is 487 g/mol. The van der Waals surface area contributed by atoms with Crippen molar-refractivity contribution in [3.63, 3.8) is 0 Å². The summed E-state index contributed by atoms with van der Waals surface area (Å²) in [7, 11) is 0. The molecule has 0 saturated heterocycles. The van der Waals surface area contributed by atoms with Gasteiger partial charge in [-0.3, -0.25) is 9.59 Å². The van der Waals surface area contributed by atoms with Crippen LogP contribution >= 0.6 is 11.3 Å². The molecule has 2 atom stereocenters. The van der Waals surface area contributed by atoms with E-state index < -0.39 is 11.7 Å². The van der Waals surface area contributed by atoms with E-state index in [1.54, 1.807) is 23.5 Å². The number of hydrogen-bond acceptors (Lipinski definition) is 4. The Morgan fingerprint density at radius 2 is 1.97 bits per heavy atom. The third-order valence-corrected chi connectivity index (χ3v) is 8.09. The van der Waals surface area contributed by atoms with Gasteiger partial charge < -0.3 is 14.5 Å². The standard InChI is InChI=1S/C30H35FN2O3S/c1-5-20(2)17-32(30(35)23-8-6-7-9-25(23)31)18-29(34)33-14-12-28-24(13-15-37-28)26(33)19-36-27-11-10-21(3)16-22(27)4/h6-11,13,15-16,20,26H,5,12,14,17-19H2,1-4H3/t20-,26+/m0/s1. The number of fused-ring (bicyclic) bond motifs is 1. The summed E-state index contributed by atoms with van der Waals surface area (Å²) in [5, 5.41) is 2.06. The minimum Gasteiger partial charge on any atom is -0.491 e. The quantitative estimate of drug-likeness (QED) is 0.336. The molecule has 37 heavy (non-hydrogen) atoms. The summed E-state index contributed by atoms with van der Waals surface area (Å²) in [4.78, 5) is 31.7. The smallest absolute Gasteiger partial charge is 0.257 e. The van der Waals surface area contributed by atoms with Crippen molar-refractivity contribution in [1.82, 2.24) is 9.80 Å². The molecule has 2 amide bonds. The molecule has 0 N–H and O–H groups in total. The minimum atomic E-state index is -0.574. The number of rotatable bonds is 9. The number of ether oxygens (including phenoxy) is 1. The molecule has 3 aromatic rings. The van der Waals surface area contributed by atoms with Crippen LogP contribution in [0.15, 0.2) is 53.9 Å². The number of carbonyl (C=O) groups excluding carboxylic acids is 2. The van der Waals surface area contributed by atoms with E-state index in [2.05, 4.69) is 17.5 Å². The summed E-state index contributed by atoms with van der Waals surface area (Å²) in [6.45, 7) is 9.30. The van der Waals surface area contributed by atoms with E-state index in [1.807, 2.05) is 44.7 Å². The topological polar surface area (TPSA) is 49.9 Å². The molecule has 0 aliphatic carbocycles. The molecule has 0 spiro atoms. The lowest BCUT2D eigenvalue weighted by Gasteiger charge is -2.37. The first-order chi connectivity index (χ1) is 17.8. The zero-order valence-corrected chi connectivity index (χ0v) is 22.8. The van der Waals surface area contributed by atoms with Crippen LogP contribution in [0.4, 0.5) is 4.39 Å². The lowest BCUT2D eigenvalue weighted by molar-refractivity contribution is -0.135. The maximum atomic E-state index is 14.5. The van der Waals surface area contributed by atoms with Gasteiger partial charge in [-0.15, -0.1) is 11.3 Å². The van der Waals surface area contributed by atoms with Gasteiger partial charge in [0.2, 0.25) is 5.91 Å². The van der Waals surface area contributed by atoms with Crippen molar-refractivity contribution in [2.75, 3.05) is 26.2 Å². The Hall–Kier alpha value is -3.19. The predicted octanol–water partition coefficient (Wildman–Crippen LogP) is 6.20. The Morgan fingerprint density at radius 1 is 1.19 bits per heavy atom. The predicted molar refractivity (Wildman–Crippen MR) is 146 cm³/mol. The maximum absolute atomic E-state index is 14.5. The number of amides is 2. The van der Waals surface area contributed by atoms with Gasteiger partial charge in [0.25, 0.3) is 5.91 Å². The SMILES string of the molecule is CC[C@H](C)CN(CC(=O)N1CCc2sccc2[C@H]1COc1ccc(C)cc1C)C(=O)c1ccccc1F. The van der Waals surface area contributed by atoms with Crippen LogP contribution in [0.2, 0.25) is 0 Å². The molecule has 4 rings (SSSR count). The molecule has 0 bridgehead atoms. The van der Waals surface area contributed by atoms with Gasteiger partial charge >= 0.3 is 0 Å². The molecule has 0 fully saturated rings. The molecule has 196 valence electrons. The van der Waals surface area contributed by atoms with Crippen molar-refractivity contribution < 1.29 is 18.7 Å². The Morgan fingerprint density at radius 3 is 2.70 bits per heavy atom. The zero-order chi connectivity index (χ0) is 26.5. The second kappa shape index (κ2) is 11.9. The average molecular weight is 523 g/mol. The number of aryl methyl sites for hydroxylation is 2. The van der Waals surface area contributed by atoms with Crippen LogP contribution in [-0.4, -0.2) is 47.9 Å². The molecule has 2 heterocycles. The van der Waals surface area contributed by atoms with E-state index in [9.17, 15) is 14.0 Å². The average Bonchev–Trinajstić information content (AvgIpc) is 3.36. The molecule has 2 aromatic carbocycles. The number of halogens is 1. The summed E-state index contributed by atoms with van der Waals surface area (Å²) in [6.07, 6.45) is 1.62. The van der Waals surface area contributed by atoms with Gasteiger partial charge in [0, 0.05) is 18.0 Å². The monoisotopic (exact) mass is 522 g/mol. The normalized spacial score (nSPS) is 15.7. The number of carbonyl (C=O) groups is 2. The lowest BCUT2D eigenvalue weighted by atomic mass is 10.00. The van der Waals surface area contributed by atoms with Gasteiger partial charge in [0.15, 0.2) is 0 Å². The van der Waals surface area contributed by atoms with E-state index >= 15 is 0 Å². The minimum absolute atomic E-state index is 0.00732. The van der Waals surface area contributed by atoms with Crippen molar-refractivity contribution in [3.8, 4) is 5.75 Å². The van der Waals surface area contributed by atoms with Gasteiger partial charge in [-0.1, -0.05) is 50.1 Å². The fourth-order valence-corrected chi connectivity index (χ4v) is 5.72. The number of benzene rings is 2. The van der Waals surface area contributed by atoms with Crippen molar-refractivity contribution in [3.05, 3.63) is 86.9 Å². The molecule has 1 aliphatic heterocycles. The third kappa shape index (κ3) is 6.21. The summed E-state index contributed by atoms with van der Waals surface area (Å²) in [5.41, 5.74) is 3.31. The van der Waals surface area contributed by atoms with Crippen molar-refractivity contribution in [2.24, 2.45) is 5.92 Å². The first-order valence-corrected chi connectivity index (χ1v) is 13.8. The highest BCUT2D eigenvalue weighted by Crippen LogP contribution is 2.34. The van der Waals surface area contributed by atoms with E-state index in [1.165, 1.54) is 27.5 Å². The highest BCUT2D eigenvalue weighted by molar-refractivity contribution is 7.10. The first-order valence-electron chi connectivity index (χ1n) is 12.9. The summed E-state index contributed by atoms with van der Waals surface area (Å²) >= 11 is 1.70. The van der Waals surface area contributed by atoms with Crippen LogP contribution in [0.3, 0.4) is 0 Å². The highest BCUT2D eigenvalue weighted by Gasteiger charge is 2.34. The fourth-order valence-electron chi connectivity index (χ4n) is 4.79. The second-order valence-electron chi connectivity index (χ2n) is 9.91. The van der Waals surface area contributed by atoms with Crippen molar-refractivity contribution in [1.29, 1.82) is 0 Å². The van der Waals surface area contributed by atoms with Crippen LogP contribution in [0, 0.1) is 25.6 Å². The zero-order valence-electron chi connectivity index (χ0n) is 22.0. The van der Waals surface area contributed by atoms with Crippen LogP contribution in [0.1, 0.15) is 58.2 Å². The van der Waals surface area contributed by atoms with E-state index in [-0.39, 0.29) is 30.0 Å². The van der Waals surface area contributed by atoms with Crippen LogP contribution in [0.25, 0.3) is 0 Å². The lowest BCUT2D eigenvalue weighted by Crippen LogP contribution is -2.48. The molecule has 7 heteroatoms. The summed E-state index contributed by atoms with van der Waals surface area (Å²) < 4.78 is 20.7. The number of thiophene rings is 1. The molecule has 1 aliphatic rings. The first kappa shape index (κ1) is 26.9. The van der Waals surface area contributed by atoms with Gasteiger partial charge in [0.05, 0.1) is 11.6 Å². The van der Waals surface area contributed by atoms with E-state index in [4.69, 9.17) is 4.74 Å². The van der Waals surface area contributed by atoms with Crippen molar-refractivity contribution >= 4 is 23.2 Å². The van der Waals surface area contributed by atoms with Gasteiger partial charge in [-0.05, 0) is 67.0 Å². The Kier molecular flexibility index (Phi) is 8.64. The van der Waals surface area contributed by atoms with Gasteiger partial charge in [-0.2, -0.15) is 0 Å². The maximum Gasteiger partial charge on any atom is 0.257 e. The third-order valence-electron chi connectivity index (χ3n) is 7.09. The molecular formula is C30H35FN2O3S. The summed E-state index contributed by atoms with van der Waals surface area (Å²) in [5.74, 6) is -0.206. The van der Waals surface area contributed by atoms with Gasteiger partial charge in [0.1, 0.15) is 24.7 Å². The van der Waals surface area contributed by atoms with E-state index in [0.29, 0.717) is 19.7 Å². The Bertz CT molecular complexity index is 1260. The van der Waals surface area contributed by atoms with E-state index in [0.717, 1.165) is 29.7 Å². The summed E-state index contributed by atoms with van der Waals surface area (Å²) in [6, 6.07) is 13.8. The van der Waals surface area contributed by atoms with Crippen LogP contribution in [-0.2, 0) is 11.2 Å². The largest absolute Gasteiger partial charge is 0.491 e. The fraction of sp³-hybridized carbons (Fsp3) is 0.400. The number of nitrogens with zero attached hydrogens (tertiary/aromatic N) is 2. The van der Waals surface area contributed by atoms with Crippen molar-refractivity contribution in [2.45, 2.75) is 46.6 Å². The van der Waals surface area contributed by atoms with Crippen LogP contribution in [0.5, 0.6) is 5.75 Å². The Balaban J connectivity index is 1.56. The molecule has 0 unspecified atom stereocenters. The van der Waals surface area contributed by atoms with Crippen LogP contribution < -0.4 is 4.74 Å². The molecule has 0 saturated carbocycles.